The molecule has 0 radical (unpaired) electrons. The zero-order chi connectivity index (χ0) is 14.8. The fraction of sp³-hybridized carbons (Fsp3) is 0.533. The minimum absolute atomic E-state index is 0.121. The van der Waals surface area contributed by atoms with E-state index in [0.717, 1.165) is 12.8 Å². The average molecular weight is 280 g/mol. The maximum Gasteiger partial charge on any atom is 0.327 e. The topological polar surface area (TPSA) is 55.6 Å². The number of benzene rings is 1. The molecule has 0 saturated heterocycles. The van der Waals surface area contributed by atoms with Crippen LogP contribution in [0.2, 0.25) is 0 Å². The van der Waals surface area contributed by atoms with Crippen LogP contribution in [0.25, 0.3) is 0 Å². The second-order valence-electron chi connectivity index (χ2n) is 5.27. The predicted molar refractivity (Wildman–Crippen MR) is 75.9 cm³/mol. The van der Waals surface area contributed by atoms with Gasteiger partial charge in [0.1, 0.15) is 11.4 Å². The van der Waals surface area contributed by atoms with Crippen molar-refractivity contribution in [2.45, 2.75) is 25.3 Å². The van der Waals surface area contributed by atoms with E-state index in [1.807, 2.05) is 6.92 Å². The number of anilines is 1. The Balaban J connectivity index is 2.24. The summed E-state index contributed by atoms with van der Waals surface area (Å²) in [5.41, 5.74) is 5.69. The van der Waals surface area contributed by atoms with Crippen molar-refractivity contribution in [1.29, 1.82) is 0 Å². The number of hydrogen-bond donors (Lipinski definition) is 1. The number of carbonyl (C=O) groups is 1. The number of para-hydroxylation sites is 1. The Morgan fingerprint density at radius 1 is 1.50 bits per heavy atom. The lowest BCUT2D eigenvalue weighted by Gasteiger charge is -2.34. The third-order valence-electron chi connectivity index (χ3n) is 3.90. The molecule has 4 nitrogen and oxygen atoms in total. The number of hydrogen-bond acceptors (Lipinski definition) is 4. The van der Waals surface area contributed by atoms with Gasteiger partial charge in [0.15, 0.2) is 0 Å². The lowest BCUT2D eigenvalue weighted by molar-refractivity contribution is -0.147. The summed E-state index contributed by atoms with van der Waals surface area (Å²) in [6, 6.07) is 6.52. The number of methoxy groups -OCH3 is 1. The van der Waals surface area contributed by atoms with Crippen LogP contribution in [0.3, 0.4) is 0 Å². The smallest absolute Gasteiger partial charge is 0.327 e. The van der Waals surface area contributed by atoms with Crippen LogP contribution < -0.4 is 10.6 Å². The van der Waals surface area contributed by atoms with Gasteiger partial charge in [0.2, 0.25) is 0 Å². The van der Waals surface area contributed by atoms with E-state index in [-0.39, 0.29) is 18.3 Å². The highest BCUT2D eigenvalue weighted by Gasteiger charge is 2.50. The minimum atomic E-state index is -1.06. The molecule has 0 aliphatic heterocycles. The first-order valence-corrected chi connectivity index (χ1v) is 6.89. The molecule has 1 aromatic carbocycles. The molecule has 2 N–H and O–H groups in total. The zero-order valence-electron chi connectivity index (χ0n) is 11.9. The zero-order valence-corrected chi connectivity index (χ0v) is 11.9. The normalized spacial score (nSPS) is 17.4. The highest BCUT2D eigenvalue weighted by molar-refractivity contribution is 5.82. The standard InChI is InChI=1S/C15H21FN2O2/c1-3-18(13-7-5-4-6-12(13)16)10-15(17,11-8-9-11)14(19)20-2/h4-7,11H,3,8-10,17H2,1-2H3. The third kappa shape index (κ3) is 2.77. The molecule has 1 fully saturated rings. The van der Waals surface area contributed by atoms with Gasteiger partial charge in [-0.25, -0.2) is 9.18 Å². The lowest BCUT2D eigenvalue weighted by atomic mass is 9.93. The number of halogens is 1. The number of rotatable bonds is 6. The molecule has 20 heavy (non-hydrogen) atoms. The summed E-state index contributed by atoms with van der Waals surface area (Å²) in [5.74, 6) is -0.608. The number of likely N-dealkylation sites (N-methyl/N-ethyl adjacent to an activating group) is 1. The van der Waals surface area contributed by atoms with E-state index in [2.05, 4.69) is 0 Å². The minimum Gasteiger partial charge on any atom is -0.468 e. The van der Waals surface area contributed by atoms with Gasteiger partial charge in [0.25, 0.3) is 0 Å². The second kappa shape index (κ2) is 5.79. The third-order valence-corrected chi connectivity index (χ3v) is 3.90. The van der Waals surface area contributed by atoms with E-state index in [4.69, 9.17) is 10.5 Å². The van der Waals surface area contributed by atoms with Crippen LogP contribution in [0.4, 0.5) is 10.1 Å². The van der Waals surface area contributed by atoms with Crippen LogP contribution in [-0.2, 0) is 9.53 Å². The van der Waals surface area contributed by atoms with E-state index in [0.29, 0.717) is 12.2 Å². The van der Waals surface area contributed by atoms with Crippen molar-refractivity contribution in [2.75, 3.05) is 25.1 Å². The Bertz CT molecular complexity index is 491. The van der Waals surface area contributed by atoms with Gasteiger partial charge in [0.05, 0.1) is 12.8 Å². The number of nitrogens with zero attached hydrogens (tertiary/aromatic N) is 1. The molecule has 0 spiro atoms. The first-order chi connectivity index (χ1) is 9.52. The van der Waals surface area contributed by atoms with Crippen LogP contribution >= 0.6 is 0 Å². The van der Waals surface area contributed by atoms with Crippen molar-refractivity contribution >= 4 is 11.7 Å². The van der Waals surface area contributed by atoms with Crippen LogP contribution in [0.5, 0.6) is 0 Å². The molecule has 1 aliphatic carbocycles. The summed E-state index contributed by atoms with van der Waals surface area (Å²) in [6.45, 7) is 2.75. The summed E-state index contributed by atoms with van der Waals surface area (Å²) < 4.78 is 18.7. The Morgan fingerprint density at radius 3 is 2.65 bits per heavy atom. The van der Waals surface area contributed by atoms with Gasteiger partial charge in [-0.2, -0.15) is 0 Å². The fourth-order valence-electron chi connectivity index (χ4n) is 2.54. The molecule has 2 rings (SSSR count). The maximum absolute atomic E-state index is 13.9. The lowest BCUT2D eigenvalue weighted by Crippen LogP contribution is -2.58. The Hall–Kier alpha value is -1.62. The largest absolute Gasteiger partial charge is 0.468 e. The summed E-state index contributed by atoms with van der Waals surface area (Å²) in [6.07, 6.45) is 1.83. The van der Waals surface area contributed by atoms with Crippen LogP contribution in [0.1, 0.15) is 19.8 Å². The molecule has 0 heterocycles. The second-order valence-corrected chi connectivity index (χ2v) is 5.27. The number of nitrogens with two attached hydrogens (primary N) is 1. The Labute approximate surface area is 118 Å². The monoisotopic (exact) mass is 280 g/mol. The van der Waals surface area contributed by atoms with Crippen LogP contribution in [-0.4, -0.2) is 31.7 Å². The van der Waals surface area contributed by atoms with Gasteiger partial charge in [-0.3, -0.25) is 0 Å². The van der Waals surface area contributed by atoms with Gasteiger partial charge in [-0.1, -0.05) is 12.1 Å². The van der Waals surface area contributed by atoms with Gasteiger partial charge >= 0.3 is 5.97 Å². The molecule has 1 unspecified atom stereocenters. The maximum atomic E-state index is 13.9. The molecule has 1 aliphatic rings. The van der Waals surface area contributed by atoms with Crippen molar-refractivity contribution in [3.8, 4) is 0 Å². The van der Waals surface area contributed by atoms with Crippen molar-refractivity contribution in [3.63, 3.8) is 0 Å². The molecule has 1 aromatic rings. The first-order valence-electron chi connectivity index (χ1n) is 6.89. The molecule has 0 aromatic heterocycles. The summed E-state index contributed by atoms with van der Waals surface area (Å²) >= 11 is 0. The number of ether oxygens (including phenoxy) is 1. The van der Waals surface area contributed by atoms with E-state index in [1.165, 1.54) is 13.2 Å². The predicted octanol–water partition coefficient (Wildman–Crippen LogP) is 1.93. The van der Waals surface area contributed by atoms with Crippen molar-refractivity contribution in [2.24, 2.45) is 11.7 Å². The van der Waals surface area contributed by atoms with Gasteiger partial charge in [-0.15, -0.1) is 0 Å². The van der Waals surface area contributed by atoms with Crippen molar-refractivity contribution < 1.29 is 13.9 Å². The van der Waals surface area contributed by atoms with Gasteiger partial charge < -0.3 is 15.4 Å². The van der Waals surface area contributed by atoms with Crippen molar-refractivity contribution in [1.82, 2.24) is 0 Å². The average Bonchev–Trinajstić information content (AvgIpc) is 3.29. The van der Waals surface area contributed by atoms with Crippen LogP contribution in [0, 0.1) is 11.7 Å². The molecule has 5 heteroatoms. The highest BCUT2D eigenvalue weighted by Crippen LogP contribution is 2.40. The van der Waals surface area contributed by atoms with Crippen LogP contribution in [0.15, 0.2) is 24.3 Å². The van der Waals surface area contributed by atoms with Gasteiger partial charge in [0, 0.05) is 13.1 Å². The first kappa shape index (κ1) is 14.8. The molecule has 110 valence electrons. The molecule has 1 saturated carbocycles. The SMILES string of the molecule is CCN(CC(N)(C(=O)OC)C1CC1)c1ccccc1F. The molecular formula is C15H21FN2O2. The van der Waals surface area contributed by atoms with Crippen molar-refractivity contribution in [3.05, 3.63) is 30.1 Å². The molecule has 1 atom stereocenters. The fourth-order valence-corrected chi connectivity index (χ4v) is 2.54. The quantitative estimate of drug-likeness (QED) is 0.809. The van der Waals surface area contributed by atoms with E-state index in [9.17, 15) is 9.18 Å². The number of carbonyl (C=O) groups excluding carboxylic acids is 1. The highest BCUT2D eigenvalue weighted by atomic mass is 19.1. The van der Waals surface area contributed by atoms with E-state index < -0.39 is 11.5 Å². The van der Waals surface area contributed by atoms with E-state index >= 15 is 0 Å². The Kier molecular flexibility index (Phi) is 4.28. The summed E-state index contributed by atoms with van der Waals surface area (Å²) in [5, 5.41) is 0. The molecular weight excluding hydrogens is 259 g/mol. The number of esters is 1. The molecule has 0 amide bonds. The van der Waals surface area contributed by atoms with E-state index in [1.54, 1.807) is 23.1 Å². The molecule has 0 bridgehead atoms. The summed E-state index contributed by atoms with van der Waals surface area (Å²) in [7, 11) is 1.34. The Morgan fingerprint density at radius 2 is 2.15 bits per heavy atom. The summed E-state index contributed by atoms with van der Waals surface area (Å²) in [4.78, 5) is 13.8. The van der Waals surface area contributed by atoms with Gasteiger partial charge in [-0.05, 0) is 37.8 Å².